The number of hydrogen-bond donors (Lipinski definition) is 1. The zero-order valence-electron chi connectivity index (χ0n) is 15.0. The fourth-order valence-electron chi connectivity index (χ4n) is 3.12. The van der Waals surface area contributed by atoms with Gasteiger partial charge in [-0.05, 0) is 6.07 Å². The van der Waals surface area contributed by atoms with Gasteiger partial charge in [0.1, 0.15) is 5.82 Å². The molecule has 27 heavy (non-hydrogen) atoms. The van der Waals surface area contributed by atoms with Gasteiger partial charge < -0.3 is 4.98 Å². The van der Waals surface area contributed by atoms with Gasteiger partial charge in [0.15, 0.2) is 0 Å². The molecule has 0 aliphatic carbocycles. The van der Waals surface area contributed by atoms with Crippen molar-refractivity contribution in [2.45, 2.75) is 39.3 Å². The van der Waals surface area contributed by atoms with Crippen LogP contribution in [0.15, 0.2) is 23.0 Å². The predicted octanol–water partition coefficient (Wildman–Crippen LogP) is 2.27. The van der Waals surface area contributed by atoms with Crippen LogP contribution in [0, 0.1) is 20.2 Å². The number of aromatic nitrogens is 2. The summed E-state index contributed by atoms with van der Waals surface area (Å²) in [5, 5.41) is 22.1. The molecular weight excluding hydrogens is 354 g/mol. The van der Waals surface area contributed by atoms with Crippen molar-refractivity contribution in [2.24, 2.45) is 0 Å². The molecule has 0 spiro atoms. The van der Waals surface area contributed by atoms with Gasteiger partial charge in [-0.25, -0.2) is 4.98 Å². The predicted molar refractivity (Wildman–Crippen MR) is 96.5 cm³/mol. The van der Waals surface area contributed by atoms with Crippen LogP contribution in [0.5, 0.6) is 0 Å². The van der Waals surface area contributed by atoms with Crippen LogP contribution in [0.1, 0.15) is 42.4 Å². The normalized spacial score (nSPS) is 14.2. The van der Waals surface area contributed by atoms with Crippen molar-refractivity contribution in [1.29, 1.82) is 0 Å². The second kappa shape index (κ2) is 7.23. The van der Waals surface area contributed by atoms with Crippen molar-refractivity contribution < 1.29 is 9.85 Å². The van der Waals surface area contributed by atoms with Crippen molar-refractivity contribution in [1.82, 2.24) is 14.9 Å². The summed E-state index contributed by atoms with van der Waals surface area (Å²) in [4.78, 5) is 42.5. The minimum atomic E-state index is -0.661. The molecule has 1 aliphatic rings. The maximum atomic E-state index is 12.4. The smallest absolute Gasteiger partial charge is 0.280 e. The van der Waals surface area contributed by atoms with Gasteiger partial charge >= 0.3 is 0 Å². The van der Waals surface area contributed by atoms with Gasteiger partial charge in [-0.3, -0.25) is 29.9 Å². The Kier molecular flexibility index (Phi) is 5.00. The summed E-state index contributed by atoms with van der Waals surface area (Å²) < 4.78 is 0. The molecule has 1 aliphatic heterocycles. The van der Waals surface area contributed by atoms with Gasteiger partial charge in [0.2, 0.25) is 0 Å². The largest absolute Gasteiger partial charge is 0.310 e. The van der Waals surface area contributed by atoms with E-state index in [2.05, 4.69) is 9.97 Å². The SMILES string of the molecule is CC(C)c1nc2c(c(=O)[nH]1)CN(Cc1ccc([N+](=O)[O-])cc1[N+](=O)[O-])CC2. The van der Waals surface area contributed by atoms with E-state index < -0.39 is 9.85 Å². The molecule has 0 radical (unpaired) electrons. The Bertz CT molecular complexity index is 969. The number of nitrogens with zero attached hydrogens (tertiary/aromatic N) is 4. The highest BCUT2D eigenvalue weighted by atomic mass is 16.6. The van der Waals surface area contributed by atoms with E-state index in [1.54, 1.807) is 0 Å². The van der Waals surface area contributed by atoms with Gasteiger partial charge in [0.25, 0.3) is 16.9 Å². The Morgan fingerprint density at radius 3 is 2.63 bits per heavy atom. The molecule has 0 atom stereocenters. The molecule has 0 bridgehead atoms. The first kappa shape index (κ1) is 18.6. The number of benzene rings is 1. The highest BCUT2D eigenvalue weighted by Gasteiger charge is 2.25. The lowest BCUT2D eigenvalue weighted by Crippen LogP contribution is -2.36. The first-order chi connectivity index (χ1) is 12.8. The summed E-state index contributed by atoms with van der Waals surface area (Å²) >= 11 is 0. The Hall–Kier alpha value is -3.14. The first-order valence-electron chi connectivity index (χ1n) is 8.52. The molecule has 142 valence electrons. The van der Waals surface area contributed by atoms with Gasteiger partial charge in [0, 0.05) is 43.6 Å². The summed E-state index contributed by atoms with van der Waals surface area (Å²) in [5.41, 5.74) is 0.893. The number of rotatable bonds is 5. The van der Waals surface area contributed by atoms with Gasteiger partial charge in [-0.1, -0.05) is 13.8 Å². The van der Waals surface area contributed by atoms with Crippen LogP contribution in [0.2, 0.25) is 0 Å². The summed E-state index contributed by atoms with van der Waals surface area (Å²) in [6.45, 7) is 5.04. The number of aromatic amines is 1. The Balaban J connectivity index is 1.86. The third kappa shape index (κ3) is 3.85. The highest BCUT2D eigenvalue weighted by Crippen LogP contribution is 2.27. The molecule has 0 unspecified atom stereocenters. The van der Waals surface area contributed by atoms with Crippen LogP contribution >= 0.6 is 0 Å². The maximum Gasteiger partial charge on any atom is 0.280 e. The zero-order chi connectivity index (χ0) is 19.7. The molecule has 0 saturated heterocycles. The van der Waals surface area contributed by atoms with E-state index >= 15 is 0 Å². The van der Waals surface area contributed by atoms with Crippen molar-refractivity contribution in [2.75, 3.05) is 6.54 Å². The lowest BCUT2D eigenvalue weighted by Gasteiger charge is -2.27. The quantitative estimate of drug-likeness (QED) is 0.627. The topological polar surface area (TPSA) is 135 Å². The molecule has 2 heterocycles. The minimum Gasteiger partial charge on any atom is -0.310 e. The molecule has 1 aromatic heterocycles. The molecule has 10 nitrogen and oxygen atoms in total. The van der Waals surface area contributed by atoms with E-state index in [0.717, 1.165) is 11.8 Å². The molecule has 0 amide bonds. The molecule has 10 heteroatoms. The fourth-order valence-corrected chi connectivity index (χ4v) is 3.12. The summed E-state index contributed by atoms with van der Waals surface area (Å²) in [5.74, 6) is 0.766. The lowest BCUT2D eigenvalue weighted by atomic mass is 10.0. The van der Waals surface area contributed by atoms with Gasteiger partial charge in [0.05, 0.1) is 27.2 Å². The van der Waals surface area contributed by atoms with Crippen LogP contribution in [-0.4, -0.2) is 31.3 Å². The van der Waals surface area contributed by atoms with Gasteiger partial charge in [-0.15, -0.1) is 0 Å². The molecule has 1 N–H and O–H groups in total. The molecule has 2 aromatic rings. The minimum absolute atomic E-state index is 0.115. The monoisotopic (exact) mass is 373 g/mol. The Morgan fingerprint density at radius 1 is 1.26 bits per heavy atom. The average Bonchev–Trinajstić information content (AvgIpc) is 2.61. The van der Waals surface area contributed by atoms with Crippen molar-refractivity contribution in [3.8, 4) is 0 Å². The number of nitrogens with one attached hydrogen (secondary N) is 1. The highest BCUT2D eigenvalue weighted by molar-refractivity contribution is 5.49. The van der Waals surface area contributed by atoms with Gasteiger partial charge in [-0.2, -0.15) is 0 Å². The summed E-state index contributed by atoms with van der Waals surface area (Å²) in [6.07, 6.45) is 0.569. The van der Waals surface area contributed by atoms with Crippen LogP contribution in [0.25, 0.3) is 0 Å². The second-order valence-corrected chi connectivity index (χ2v) is 6.82. The number of nitro groups is 2. The van der Waals surface area contributed by atoms with Crippen molar-refractivity contribution >= 4 is 11.4 Å². The van der Waals surface area contributed by atoms with Crippen LogP contribution in [-0.2, 0) is 19.5 Å². The van der Waals surface area contributed by atoms with Crippen LogP contribution < -0.4 is 5.56 Å². The standard InChI is InChI=1S/C17H19N5O5/c1-10(2)16-18-14-5-6-20(9-13(14)17(23)19-16)8-11-3-4-12(21(24)25)7-15(11)22(26)27/h3-4,7,10H,5-6,8-9H2,1-2H3,(H,18,19,23). The second-order valence-electron chi connectivity index (χ2n) is 6.82. The molecular formula is C17H19N5O5. The third-order valence-electron chi connectivity index (χ3n) is 4.58. The molecule has 1 aromatic carbocycles. The zero-order valence-corrected chi connectivity index (χ0v) is 15.0. The number of nitro benzene ring substituents is 2. The number of H-pyrrole nitrogens is 1. The van der Waals surface area contributed by atoms with Crippen LogP contribution in [0.3, 0.4) is 0 Å². The molecule has 0 fully saturated rings. The number of hydrogen-bond acceptors (Lipinski definition) is 7. The maximum absolute atomic E-state index is 12.4. The number of fused-ring (bicyclic) bond motifs is 1. The van der Waals surface area contributed by atoms with E-state index in [0.29, 0.717) is 36.5 Å². The number of non-ortho nitro benzene ring substituents is 1. The van der Waals surface area contributed by atoms with Crippen molar-refractivity contribution in [3.63, 3.8) is 0 Å². The van der Waals surface area contributed by atoms with E-state index in [9.17, 15) is 25.0 Å². The van der Waals surface area contributed by atoms with E-state index in [-0.39, 0.29) is 29.4 Å². The molecule has 3 rings (SSSR count). The summed E-state index contributed by atoms with van der Waals surface area (Å²) in [6, 6.07) is 3.62. The van der Waals surface area contributed by atoms with E-state index in [4.69, 9.17) is 0 Å². The third-order valence-corrected chi connectivity index (χ3v) is 4.58. The van der Waals surface area contributed by atoms with Crippen LogP contribution in [0.4, 0.5) is 11.4 Å². The van der Waals surface area contributed by atoms with Crippen molar-refractivity contribution in [3.05, 3.63) is 71.4 Å². The summed E-state index contributed by atoms with van der Waals surface area (Å²) in [7, 11) is 0. The van der Waals surface area contributed by atoms with E-state index in [1.165, 1.54) is 12.1 Å². The van der Waals surface area contributed by atoms with E-state index in [1.807, 2.05) is 18.7 Å². The Morgan fingerprint density at radius 2 is 2.00 bits per heavy atom. The first-order valence-corrected chi connectivity index (χ1v) is 8.52. The average molecular weight is 373 g/mol. The Labute approximate surface area is 154 Å². The lowest BCUT2D eigenvalue weighted by molar-refractivity contribution is -0.394. The fraction of sp³-hybridized carbons (Fsp3) is 0.412. The molecule has 0 saturated carbocycles.